The molecule has 3 heterocycles. The lowest BCUT2D eigenvalue weighted by Crippen LogP contribution is -2.46. The van der Waals surface area contributed by atoms with E-state index in [0.717, 1.165) is 12.6 Å². The lowest BCUT2D eigenvalue weighted by molar-refractivity contribution is 0.185. The number of nitrogens with zero attached hydrogens (tertiary/aromatic N) is 2. The summed E-state index contributed by atoms with van der Waals surface area (Å²) in [6, 6.07) is 12.5. The van der Waals surface area contributed by atoms with Gasteiger partial charge in [0, 0.05) is 43.0 Å². The van der Waals surface area contributed by atoms with Gasteiger partial charge in [0.15, 0.2) is 0 Å². The highest BCUT2D eigenvalue weighted by molar-refractivity contribution is 7.99. The third-order valence-electron chi connectivity index (χ3n) is 6.80. The van der Waals surface area contributed by atoms with Crippen LogP contribution in [0.15, 0.2) is 35.2 Å². The number of hydrogen-bond acceptors (Lipinski definition) is 3. The summed E-state index contributed by atoms with van der Waals surface area (Å²) in [6.45, 7) is 11.5. The van der Waals surface area contributed by atoms with E-state index in [-0.39, 0.29) is 0 Å². The van der Waals surface area contributed by atoms with Crippen LogP contribution in [0, 0.1) is 20.8 Å². The Kier molecular flexibility index (Phi) is 4.48. The fourth-order valence-corrected chi connectivity index (χ4v) is 6.68. The molecule has 5 rings (SSSR count). The van der Waals surface area contributed by atoms with Gasteiger partial charge in [-0.1, -0.05) is 29.8 Å². The molecule has 0 amide bonds. The van der Waals surface area contributed by atoms with E-state index in [1.165, 1.54) is 59.8 Å². The first-order chi connectivity index (χ1) is 13.1. The van der Waals surface area contributed by atoms with Crippen LogP contribution in [0.4, 0.5) is 5.69 Å². The lowest BCUT2D eigenvalue weighted by atomic mass is 9.88. The Morgan fingerprint density at radius 2 is 1.89 bits per heavy atom. The molecule has 2 nitrogen and oxygen atoms in total. The van der Waals surface area contributed by atoms with Gasteiger partial charge in [-0.2, -0.15) is 0 Å². The number of piperidine rings is 1. The van der Waals surface area contributed by atoms with Crippen molar-refractivity contribution >= 4 is 17.4 Å². The van der Waals surface area contributed by atoms with Crippen LogP contribution < -0.4 is 4.90 Å². The van der Waals surface area contributed by atoms with Crippen molar-refractivity contribution in [1.82, 2.24) is 4.90 Å². The van der Waals surface area contributed by atoms with E-state index in [4.69, 9.17) is 0 Å². The van der Waals surface area contributed by atoms with Gasteiger partial charge in [-0.15, -0.1) is 11.8 Å². The Morgan fingerprint density at radius 1 is 1.07 bits per heavy atom. The Balaban J connectivity index is 1.43. The predicted molar refractivity (Wildman–Crippen MR) is 116 cm³/mol. The second kappa shape index (κ2) is 6.86. The van der Waals surface area contributed by atoms with Gasteiger partial charge in [-0.05, 0) is 67.7 Å². The fourth-order valence-electron chi connectivity index (χ4n) is 5.64. The molecule has 0 saturated carbocycles. The molecule has 1 saturated heterocycles. The van der Waals surface area contributed by atoms with Gasteiger partial charge in [0.1, 0.15) is 0 Å². The fraction of sp³-hybridized carbons (Fsp3) is 0.500. The third kappa shape index (κ3) is 3.00. The van der Waals surface area contributed by atoms with Gasteiger partial charge in [-0.3, -0.25) is 4.90 Å². The smallest absolute Gasteiger partial charge is 0.0543 e. The summed E-state index contributed by atoms with van der Waals surface area (Å²) in [5, 5.41) is 0. The average molecular weight is 379 g/mol. The van der Waals surface area contributed by atoms with E-state index in [1.807, 2.05) is 0 Å². The maximum absolute atomic E-state index is 2.77. The van der Waals surface area contributed by atoms with Crippen LogP contribution in [0.1, 0.15) is 46.6 Å². The number of thioether (sulfide) groups is 1. The number of aryl methyl sites for hydroxylation is 3. The first-order valence-electron chi connectivity index (χ1n) is 10.4. The van der Waals surface area contributed by atoms with Crippen molar-refractivity contribution in [3.8, 4) is 0 Å². The van der Waals surface area contributed by atoms with Crippen LogP contribution in [-0.2, 0) is 6.54 Å². The summed E-state index contributed by atoms with van der Waals surface area (Å²) in [5.74, 6) is 1.95. The molecule has 0 radical (unpaired) electrons. The molecule has 2 aromatic rings. The molecule has 27 heavy (non-hydrogen) atoms. The summed E-state index contributed by atoms with van der Waals surface area (Å²) >= 11 is 2.07. The minimum Gasteiger partial charge on any atom is -0.367 e. The van der Waals surface area contributed by atoms with E-state index in [0.29, 0.717) is 5.92 Å². The van der Waals surface area contributed by atoms with E-state index in [2.05, 4.69) is 72.7 Å². The van der Waals surface area contributed by atoms with Crippen molar-refractivity contribution in [1.29, 1.82) is 0 Å². The zero-order valence-corrected chi connectivity index (χ0v) is 17.6. The quantitative estimate of drug-likeness (QED) is 0.701. The Hall–Kier alpha value is -1.45. The van der Waals surface area contributed by atoms with Crippen LogP contribution >= 0.6 is 11.8 Å². The van der Waals surface area contributed by atoms with Gasteiger partial charge in [0.2, 0.25) is 0 Å². The molecule has 0 bridgehead atoms. The molecule has 0 aliphatic carbocycles. The van der Waals surface area contributed by atoms with E-state index < -0.39 is 0 Å². The summed E-state index contributed by atoms with van der Waals surface area (Å²) in [5.41, 5.74) is 9.03. The second-order valence-corrected chi connectivity index (χ2v) is 9.80. The van der Waals surface area contributed by atoms with Crippen molar-refractivity contribution in [3.05, 3.63) is 58.1 Å². The summed E-state index contributed by atoms with van der Waals surface area (Å²) in [7, 11) is 0. The maximum Gasteiger partial charge on any atom is 0.0543 e. The second-order valence-electron chi connectivity index (χ2n) is 8.66. The largest absolute Gasteiger partial charge is 0.367 e. The number of likely N-dealkylation sites (tertiary alicyclic amines) is 1. The Labute approximate surface area is 167 Å². The standard InChI is InChI=1S/C24H30N2S/c1-16-12-17(2)20(18(3)13-16)14-25-10-8-22-21(15-25)19-6-4-7-23-24(19)26(22)9-5-11-27-23/h4,6-7,12-13,21-22H,5,8-11,14-15H2,1-3H3. The molecule has 2 unspecified atom stereocenters. The number of anilines is 1. The highest BCUT2D eigenvalue weighted by atomic mass is 32.2. The normalized spacial score (nSPS) is 24.5. The summed E-state index contributed by atoms with van der Waals surface area (Å²) in [4.78, 5) is 7.01. The number of hydrogen-bond donors (Lipinski definition) is 0. The van der Waals surface area contributed by atoms with Crippen molar-refractivity contribution in [2.45, 2.75) is 57.0 Å². The van der Waals surface area contributed by atoms with Gasteiger partial charge >= 0.3 is 0 Å². The number of fused-ring (bicyclic) bond motifs is 3. The zero-order valence-electron chi connectivity index (χ0n) is 16.8. The number of para-hydroxylation sites is 1. The molecule has 0 spiro atoms. The topological polar surface area (TPSA) is 6.48 Å². The zero-order chi connectivity index (χ0) is 18.5. The van der Waals surface area contributed by atoms with E-state index in [1.54, 1.807) is 16.8 Å². The average Bonchev–Trinajstić information content (AvgIpc) is 2.80. The van der Waals surface area contributed by atoms with Crippen molar-refractivity contribution in [2.24, 2.45) is 0 Å². The molecular formula is C24H30N2S. The van der Waals surface area contributed by atoms with Gasteiger partial charge in [-0.25, -0.2) is 0 Å². The van der Waals surface area contributed by atoms with Gasteiger partial charge in [0.05, 0.1) is 5.69 Å². The van der Waals surface area contributed by atoms with Crippen LogP contribution in [-0.4, -0.2) is 36.3 Å². The van der Waals surface area contributed by atoms with Gasteiger partial charge < -0.3 is 4.90 Å². The maximum atomic E-state index is 2.77. The predicted octanol–water partition coefficient (Wildman–Crippen LogP) is 5.29. The van der Waals surface area contributed by atoms with Gasteiger partial charge in [0.25, 0.3) is 0 Å². The van der Waals surface area contributed by atoms with Crippen molar-refractivity contribution < 1.29 is 0 Å². The summed E-state index contributed by atoms with van der Waals surface area (Å²) in [6.07, 6.45) is 2.61. The Morgan fingerprint density at radius 3 is 2.70 bits per heavy atom. The molecule has 142 valence electrons. The highest BCUT2D eigenvalue weighted by Crippen LogP contribution is 2.50. The van der Waals surface area contributed by atoms with E-state index in [9.17, 15) is 0 Å². The number of rotatable bonds is 2. The highest BCUT2D eigenvalue weighted by Gasteiger charge is 2.43. The Bertz CT molecular complexity index is 852. The van der Waals surface area contributed by atoms with Crippen LogP contribution in [0.3, 0.4) is 0 Å². The first kappa shape index (κ1) is 17.6. The number of benzene rings is 2. The monoisotopic (exact) mass is 378 g/mol. The van der Waals surface area contributed by atoms with Crippen molar-refractivity contribution in [3.63, 3.8) is 0 Å². The van der Waals surface area contributed by atoms with Crippen molar-refractivity contribution in [2.75, 3.05) is 30.3 Å². The molecular weight excluding hydrogens is 348 g/mol. The lowest BCUT2D eigenvalue weighted by Gasteiger charge is -2.39. The van der Waals surface area contributed by atoms with Crippen LogP contribution in [0.25, 0.3) is 0 Å². The van der Waals surface area contributed by atoms with E-state index >= 15 is 0 Å². The van der Waals surface area contributed by atoms with Crippen LogP contribution in [0.5, 0.6) is 0 Å². The molecule has 3 heteroatoms. The molecule has 1 fully saturated rings. The molecule has 3 aliphatic heterocycles. The SMILES string of the molecule is Cc1cc(C)c(CN2CCC3C(C2)c2cccc4c2N3CCCS4)c(C)c1. The van der Waals surface area contributed by atoms with Crippen LogP contribution in [0.2, 0.25) is 0 Å². The minimum atomic E-state index is 0.679. The third-order valence-corrected chi connectivity index (χ3v) is 7.93. The molecule has 3 aliphatic rings. The first-order valence-corrected chi connectivity index (χ1v) is 11.4. The molecule has 2 atom stereocenters. The molecule has 0 aromatic heterocycles. The molecule has 0 N–H and O–H groups in total. The summed E-state index contributed by atoms with van der Waals surface area (Å²) < 4.78 is 0. The minimum absolute atomic E-state index is 0.679. The molecule has 2 aromatic carbocycles.